The van der Waals surface area contributed by atoms with Crippen molar-refractivity contribution in [3.8, 4) is 0 Å². The molecule has 0 aliphatic carbocycles. The minimum Gasteiger partial charge on any atom is -0.337 e. The molecule has 0 aromatic carbocycles. The molecule has 1 aliphatic rings. The van der Waals surface area contributed by atoms with Gasteiger partial charge in [-0.05, 0) is 24.5 Å². The summed E-state index contributed by atoms with van der Waals surface area (Å²) in [5.74, 6) is -0.150. The Bertz CT molecular complexity index is 498. The Balaban J connectivity index is 2.12. The third kappa shape index (κ3) is 3.78. The van der Waals surface area contributed by atoms with Crippen LogP contribution >= 0.6 is 0 Å². The smallest absolute Gasteiger partial charge is 0.337 e. The van der Waals surface area contributed by atoms with Crippen molar-refractivity contribution in [2.75, 3.05) is 13.1 Å². The van der Waals surface area contributed by atoms with E-state index in [2.05, 4.69) is 0 Å². The monoisotopic (exact) mass is 303 g/mol. The van der Waals surface area contributed by atoms with E-state index in [-0.39, 0.29) is 23.6 Å². The zero-order valence-electron chi connectivity index (χ0n) is 11.9. The summed E-state index contributed by atoms with van der Waals surface area (Å²) in [6.07, 6.45) is -1.52. The van der Waals surface area contributed by atoms with Gasteiger partial charge in [-0.1, -0.05) is 13.3 Å². The second kappa shape index (κ2) is 6.09. The van der Waals surface area contributed by atoms with Gasteiger partial charge in [0.2, 0.25) is 0 Å². The average Bonchev–Trinajstić information content (AvgIpc) is 2.84. The Labute approximate surface area is 121 Å². The molecule has 1 fully saturated rings. The van der Waals surface area contributed by atoms with Crippen molar-refractivity contribution in [3.63, 3.8) is 0 Å². The van der Waals surface area contributed by atoms with Gasteiger partial charge in [0.1, 0.15) is 12.2 Å². The predicted octanol–water partition coefficient (Wildman–Crippen LogP) is 2.25. The molecule has 2 heterocycles. The molecule has 2 unspecified atom stereocenters. The molecule has 2 atom stereocenters. The van der Waals surface area contributed by atoms with Gasteiger partial charge in [0.25, 0.3) is 5.91 Å². The van der Waals surface area contributed by atoms with Gasteiger partial charge in [0.05, 0.1) is 0 Å². The topological polar surface area (TPSA) is 51.3 Å². The highest BCUT2D eigenvalue weighted by atomic mass is 19.4. The molecule has 4 nitrogen and oxygen atoms in total. The van der Waals surface area contributed by atoms with Crippen LogP contribution < -0.4 is 5.73 Å². The van der Waals surface area contributed by atoms with Crippen molar-refractivity contribution in [1.29, 1.82) is 0 Å². The van der Waals surface area contributed by atoms with Gasteiger partial charge in [-0.25, -0.2) is 0 Å². The molecule has 0 spiro atoms. The SMILES string of the molecule is CCC1CN(C(=O)c2cccn2CC(F)(F)F)CCC1N. The number of piperidine rings is 1. The minimum absolute atomic E-state index is 0.0565. The second-order valence-corrected chi connectivity index (χ2v) is 5.51. The Kier molecular flexibility index (Phi) is 4.61. The van der Waals surface area contributed by atoms with Crippen molar-refractivity contribution >= 4 is 5.91 Å². The summed E-state index contributed by atoms with van der Waals surface area (Å²) in [7, 11) is 0. The minimum atomic E-state index is -4.34. The first-order valence-corrected chi connectivity index (χ1v) is 7.08. The lowest BCUT2D eigenvalue weighted by molar-refractivity contribution is -0.140. The summed E-state index contributed by atoms with van der Waals surface area (Å²) >= 11 is 0. The molecule has 1 aromatic rings. The molecule has 118 valence electrons. The molecular formula is C14H20F3N3O. The normalized spacial score (nSPS) is 23.4. The molecule has 2 rings (SSSR count). The molecular weight excluding hydrogens is 283 g/mol. The van der Waals surface area contributed by atoms with Crippen LogP contribution in [-0.2, 0) is 6.54 Å². The van der Waals surface area contributed by atoms with Gasteiger partial charge in [-0.3, -0.25) is 4.79 Å². The number of carbonyl (C=O) groups is 1. The Hall–Kier alpha value is -1.50. The van der Waals surface area contributed by atoms with Crippen LogP contribution in [0.3, 0.4) is 0 Å². The fraction of sp³-hybridized carbons (Fsp3) is 0.643. The van der Waals surface area contributed by atoms with E-state index < -0.39 is 12.7 Å². The molecule has 0 saturated carbocycles. The van der Waals surface area contributed by atoms with Crippen molar-refractivity contribution in [2.45, 2.75) is 38.5 Å². The van der Waals surface area contributed by atoms with Gasteiger partial charge >= 0.3 is 6.18 Å². The van der Waals surface area contributed by atoms with E-state index in [0.29, 0.717) is 19.5 Å². The Morgan fingerprint density at radius 3 is 2.81 bits per heavy atom. The number of rotatable bonds is 3. The fourth-order valence-corrected chi connectivity index (χ4v) is 2.77. The second-order valence-electron chi connectivity index (χ2n) is 5.51. The van der Waals surface area contributed by atoms with Crippen LogP contribution in [0.5, 0.6) is 0 Å². The standard InChI is InChI=1S/C14H20F3N3O/c1-2-10-8-19(7-5-11(10)18)13(21)12-4-3-6-20(12)9-14(15,16)17/h3-4,6,10-11H,2,5,7-9,18H2,1H3. The van der Waals surface area contributed by atoms with E-state index in [0.717, 1.165) is 11.0 Å². The lowest BCUT2D eigenvalue weighted by atomic mass is 9.90. The maximum absolute atomic E-state index is 12.5. The van der Waals surface area contributed by atoms with Crippen LogP contribution in [0, 0.1) is 5.92 Å². The molecule has 2 N–H and O–H groups in total. The molecule has 7 heteroatoms. The third-order valence-electron chi connectivity index (χ3n) is 4.00. The summed E-state index contributed by atoms with van der Waals surface area (Å²) in [5.41, 5.74) is 6.07. The average molecular weight is 303 g/mol. The molecule has 1 saturated heterocycles. The van der Waals surface area contributed by atoms with Gasteiger partial charge in [0.15, 0.2) is 0 Å². The van der Waals surface area contributed by atoms with Gasteiger partial charge < -0.3 is 15.2 Å². The van der Waals surface area contributed by atoms with Crippen molar-refractivity contribution in [1.82, 2.24) is 9.47 Å². The first-order valence-electron chi connectivity index (χ1n) is 7.08. The van der Waals surface area contributed by atoms with Gasteiger partial charge in [0, 0.05) is 25.3 Å². The number of aromatic nitrogens is 1. The van der Waals surface area contributed by atoms with Crippen molar-refractivity contribution in [3.05, 3.63) is 24.0 Å². The highest BCUT2D eigenvalue weighted by Gasteiger charge is 2.32. The number of alkyl halides is 3. The van der Waals surface area contributed by atoms with E-state index in [4.69, 9.17) is 5.73 Å². The summed E-state index contributed by atoms with van der Waals surface area (Å²) in [4.78, 5) is 14.0. The van der Waals surface area contributed by atoms with Gasteiger partial charge in [-0.15, -0.1) is 0 Å². The molecule has 1 aliphatic heterocycles. The zero-order valence-corrected chi connectivity index (χ0v) is 11.9. The number of nitrogens with zero attached hydrogens (tertiary/aromatic N) is 2. The van der Waals surface area contributed by atoms with Crippen molar-refractivity contribution in [2.24, 2.45) is 11.7 Å². The number of halogens is 3. The zero-order chi connectivity index (χ0) is 15.6. The first-order chi connectivity index (χ1) is 9.81. The van der Waals surface area contributed by atoms with Crippen LogP contribution in [0.25, 0.3) is 0 Å². The number of carbonyl (C=O) groups excluding carboxylic acids is 1. The Morgan fingerprint density at radius 1 is 1.48 bits per heavy atom. The summed E-state index contributed by atoms with van der Waals surface area (Å²) in [5, 5.41) is 0. The maximum atomic E-state index is 12.5. The summed E-state index contributed by atoms with van der Waals surface area (Å²) < 4.78 is 38.5. The number of likely N-dealkylation sites (tertiary alicyclic amines) is 1. The quantitative estimate of drug-likeness (QED) is 0.931. The number of nitrogens with two attached hydrogens (primary N) is 1. The van der Waals surface area contributed by atoms with Crippen LogP contribution in [0.1, 0.15) is 30.3 Å². The van der Waals surface area contributed by atoms with E-state index in [1.54, 1.807) is 4.90 Å². The van der Waals surface area contributed by atoms with Crippen LogP contribution in [-0.4, -0.2) is 40.7 Å². The number of hydrogen-bond acceptors (Lipinski definition) is 2. The molecule has 21 heavy (non-hydrogen) atoms. The maximum Gasteiger partial charge on any atom is 0.406 e. The predicted molar refractivity (Wildman–Crippen MR) is 72.8 cm³/mol. The summed E-state index contributed by atoms with van der Waals surface area (Å²) in [6, 6.07) is 2.95. The largest absolute Gasteiger partial charge is 0.406 e. The molecule has 1 amide bonds. The molecule has 0 bridgehead atoms. The van der Waals surface area contributed by atoms with Crippen LogP contribution in [0.4, 0.5) is 13.2 Å². The van der Waals surface area contributed by atoms with Crippen molar-refractivity contribution < 1.29 is 18.0 Å². The Morgan fingerprint density at radius 2 is 2.19 bits per heavy atom. The number of amides is 1. The van der Waals surface area contributed by atoms with Gasteiger partial charge in [-0.2, -0.15) is 13.2 Å². The molecule has 1 aromatic heterocycles. The van der Waals surface area contributed by atoms with Crippen LogP contribution in [0.15, 0.2) is 18.3 Å². The lowest BCUT2D eigenvalue weighted by Crippen LogP contribution is -2.49. The highest BCUT2D eigenvalue weighted by Crippen LogP contribution is 2.23. The third-order valence-corrected chi connectivity index (χ3v) is 4.00. The fourth-order valence-electron chi connectivity index (χ4n) is 2.77. The highest BCUT2D eigenvalue weighted by molar-refractivity contribution is 5.92. The van der Waals surface area contributed by atoms with E-state index >= 15 is 0 Å². The van der Waals surface area contributed by atoms with E-state index in [9.17, 15) is 18.0 Å². The molecule has 0 radical (unpaired) electrons. The first kappa shape index (κ1) is 15.9. The summed E-state index contributed by atoms with van der Waals surface area (Å²) in [6.45, 7) is 1.86. The van der Waals surface area contributed by atoms with E-state index in [1.165, 1.54) is 18.3 Å². The van der Waals surface area contributed by atoms with Crippen LogP contribution in [0.2, 0.25) is 0 Å². The van der Waals surface area contributed by atoms with E-state index in [1.807, 2.05) is 6.92 Å². The lowest BCUT2D eigenvalue weighted by Gasteiger charge is -2.36. The number of hydrogen-bond donors (Lipinski definition) is 1.